The summed E-state index contributed by atoms with van der Waals surface area (Å²) in [5.41, 5.74) is 7.41. The molecule has 0 heterocycles. The van der Waals surface area contributed by atoms with Crippen molar-refractivity contribution in [1.29, 1.82) is 0 Å². The summed E-state index contributed by atoms with van der Waals surface area (Å²) < 4.78 is 0. The van der Waals surface area contributed by atoms with E-state index in [0.717, 1.165) is 24.5 Å². The number of aryl methyl sites for hydroxylation is 3. The quantitative estimate of drug-likeness (QED) is 0.365. The number of nitrogens with zero attached hydrogens (tertiary/aromatic N) is 1. The van der Waals surface area contributed by atoms with Crippen molar-refractivity contribution in [2.24, 2.45) is 5.92 Å². The van der Waals surface area contributed by atoms with E-state index in [1.54, 1.807) is 19.1 Å². The number of nitro benzene ring substituents is 1. The third-order valence-corrected chi connectivity index (χ3v) is 6.71. The Kier molecular flexibility index (Phi) is 4.58. The molecule has 0 saturated carbocycles. The van der Waals surface area contributed by atoms with Gasteiger partial charge in [0.25, 0.3) is 5.69 Å². The molecule has 0 aliphatic heterocycles. The van der Waals surface area contributed by atoms with Crippen LogP contribution in [-0.2, 0) is 12.8 Å². The normalized spacial score (nSPS) is 16.3. The Morgan fingerprint density at radius 3 is 2.65 bits per heavy atom. The van der Waals surface area contributed by atoms with E-state index in [-0.39, 0.29) is 17.4 Å². The van der Waals surface area contributed by atoms with Gasteiger partial charge < -0.3 is 0 Å². The van der Waals surface area contributed by atoms with E-state index >= 15 is 0 Å². The zero-order valence-electron chi connectivity index (χ0n) is 17.6. The van der Waals surface area contributed by atoms with Gasteiger partial charge in [-0.1, -0.05) is 54.6 Å². The smallest absolute Gasteiger partial charge is 0.273 e. The third kappa shape index (κ3) is 3.19. The fourth-order valence-corrected chi connectivity index (χ4v) is 4.96. The average Bonchev–Trinajstić information content (AvgIpc) is 2.78. The Hall–Kier alpha value is -3.53. The van der Waals surface area contributed by atoms with Gasteiger partial charge in [-0.25, -0.2) is 0 Å². The first kappa shape index (κ1) is 19.4. The summed E-state index contributed by atoms with van der Waals surface area (Å²) in [6.07, 6.45) is 6.81. The van der Waals surface area contributed by atoms with Crippen LogP contribution in [0.2, 0.25) is 0 Å². The molecule has 0 amide bonds. The number of hydrogen-bond donors (Lipinski definition) is 0. The highest BCUT2D eigenvalue weighted by atomic mass is 16.6. The standard InChI is InChI=1S/C27H23NO3/c1-16-4-3-5-22-21(16)12-13-24-23(22)11-10-18-8-9-19(14-25(18)24)27(29)20-7-6-17(2)26(15-20)28(30)31/h3-7,10-11,13-15,19H,8-9,12H2,1-2H3. The molecule has 0 saturated heterocycles. The van der Waals surface area contributed by atoms with Gasteiger partial charge in [0, 0.05) is 23.1 Å². The second-order valence-corrected chi connectivity index (χ2v) is 8.54. The first-order valence-electron chi connectivity index (χ1n) is 10.7. The molecular weight excluding hydrogens is 386 g/mol. The van der Waals surface area contributed by atoms with E-state index in [0.29, 0.717) is 11.1 Å². The summed E-state index contributed by atoms with van der Waals surface area (Å²) in [4.78, 5) is 24.1. The molecule has 2 aliphatic carbocycles. The lowest BCUT2D eigenvalue weighted by molar-refractivity contribution is -0.385. The molecule has 1 unspecified atom stereocenters. The van der Waals surface area contributed by atoms with Crippen LogP contribution in [0.25, 0.3) is 23.3 Å². The first-order valence-corrected chi connectivity index (χ1v) is 10.7. The monoisotopic (exact) mass is 409 g/mol. The number of fused-ring (bicyclic) bond motifs is 5. The van der Waals surface area contributed by atoms with Crippen LogP contribution in [0.1, 0.15) is 39.0 Å². The fourth-order valence-electron chi connectivity index (χ4n) is 4.96. The minimum Gasteiger partial charge on any atom is -0.294 e. The van der Waals surface area contributed by atoms with Crippen molar-refractivity contribution in [3.63, 3.8) is 0 Å². The van der Waals surface area contributed by atoms with Crippen molar-refractivity contribution in [1.82, 2.24) is 0 Å². The predicted octanol–water partition coefficient (Wildman–Crippen LogP) is 4.44. The SMILES string of the molecule is Cc1ccc(C(=O)C2C=c3c(ccc4c3=CCc3c(C)cccc3-4)CC2)cc1[N+](=O)[O-]. The number of Topliss-reactive ketones (excluding diaryl/α,β-unsaturated/α-hetero) is 1. The van der Waals surface area contributed by atoms with Crippen LogP contribution in [-0.4, -0.2) is 10.7 Å². The molecule has 0 spiro atoms. The molecule has 0 aromatic heterocycles. The van der Waals surface area contributed by atoms with Gasteiger partial charge in [-0.15, -0.1) is 0 Å². The van der Waals surface area contributed by atoms with Crippen LogP contribution < -0.4 is 10.4 Å². The van der Waals surface area contributed by atoms with Crippen molar-refractivity contribution in [2.45, 2.75) is 33.1 Å². The zero-order valence-corrected chi connectivity index (χ0v) is 17.6. The number of carbonyl (C=O) groups excluding carboxylic acids is 1. The molecule has 0 fully saturated rings. The van der Waals surface area contributed by atoms with Gasteiger partial charge in [-0.05, 0) is 71.4 Å². The van der Waals surface area contributed by atoms with Crippen molar-refractivity contribution in [2.75, 3.05) is 0 Å². The lowest BCUT2D eigenvalue weighted by Gasteiger charge is -2.22. The van der Waals surface area contributed by atoms with Crippen LogP contribution in [0.4, 0.5) is 5.69 Å². The van der Waals surface area contributed by atoms with Gasteiger partial charge in [0.15, 0.2) is 5.78 Å². The number of nitro groups is 1. The average molecular weight is 409 g/mol. The number of benzene rings is 3. The Bertz CT molecular complexity index is 1380. The summed E-state index contributed by atoms with van der Waals surface area (Å²) in [7, 11) is 0. The number of ketones is 1. The van der Waals surface area contributed by atoms with E-state index < -0.39 is 4.92 Å². The second kappa shape index (κ2) is 7.31. The minimum absolute atomic E-state index is 0.000232. The van der Waals surface area contributed by atoms with E-state index in [2.05, 4.69) is 49.4 Å². The van der Waals surface area contributed by atoms with Crippen molar-refractivity contribution < 1.29 is 9.72 Å². The van der Waals surface area contributed by atoms with Crippen LogP contribution in [0, 0.1) is 29.9 Å². The number of rotatable bonds is 3. The van der Waals surface area contributed by atoms with Crippen molar-refractivity contribution in [3.8, 4) is 11.1 Å². The molecule has 4 nitrogen and oxygen atoms in total. The zero-order chi connectivity index (χ0) is 21.7. The number of hydrogen-bond acceptors (Lipinski definition) is 3. The summed E-state index contributed by atoms with van der Waals surface area (Å²) >= 11 is 0. The van der Waals surface area contributed by atoms with Crippen LogP contribution >= 0.6 is 0 Å². The largest absolute Gasteiger partial charge is 0.294 e. The van der Waals surface area contributed by atoms with Crippen molar-refractivity contribution >= 4 is 23.6 Å². The van der Waals surface area contributed by atoms with Gasteiger partial charge >= 0.3 is 0 Å². The molecule has 1 atom stereocenters. The molecule has 0 N–H and O–H groups in total. The summed E-state index contributed by atoms with van der Waals surface area (Å²) in [5, 5.41) is 13.7. The highest BCUT2D eigenvalue weighted by Gasteiger charge is 2.25. The Morgan fingerprint density at radius 2 is 1.84 bits per heavy atom. The third-order valence-electron chi connectivity index (χ3n) is 6.71. The highest BCUT2D eigenvalue weighted by molar-refractivity contribution is 6.02. The minimum atomic E-state index is -0.420. The number of carbonyl (C=O) groups is 1. The molecule has 2 aliphatic rings. The molecule has 3 aromatic rings. The Labute approximate surface area is 180 Å². The molecule has 31 heavy (non-hydrogen) atoms. The fraction of sp³-hybridized carbons (Fsp3) is 0.222. The molecular formula is C27H23NO3. The predicted molar refractivity (Wildman–Crippen MR) is 122 cm³/mol. The molecule has 0 bridgehead atoms. The Morgan fingerprint density at radius 1 is 1.00 bits per heavy atom. The van der Waals surface area contributed by atoms with Gasteiger partial charge in [0.2, 0.25) is 0 Å². The lowest BCUT2D eigenvalue weighted by Crippen LogP contribution is -2.37. The van der Waals surface area contributed by atoms with E-state index in [1.807, 2.05) is 0 Å². The van der Waals surface area contributed by atoms with E-state index in [4.69, 9.17) is 0 Å². The summed E-state index contributed by atoms with van der Waals surface area (Å²) in [6.45, 7) is 3.84. The van der Waals surface area contributed by atoms with Gasteiger partial charge in [0.1, 0.15) is 0 Å². The molecule has 3 aromatic carbocycles. The summed E-state index contributed by atoms with van der Waals surface area (Å²) in [5.74, 6) is -0.313. The molecule has 154 valence electrons. The second-order valence-electron chi connectivity index (χ2n) is 8.54. The maximum absolute atomic E-state index is 13.2. The maximum atomic E-state index is 13.2. The summed E-state index contributed by atoms with van der Waals surface area (Å²) in [6, 6.07) is 15.6. The maximum Gasteiger partial charge on any atom is 0.273 e. The van der Waals surface area contributed by atoms with E-state index in [1.165, 1.54) is 39.1 Å². The lowest BCUT2D eigenvalue weighted by atomic mass is 9.81. The molecule has 0 radical (unpaired) electrons. The molecule has 4 heteroatoms. The van der Waals surface area contributed by atoms with Crippen LogP contribution in [0.5, 0.6) is 0 Å². The van der Waals surface area contributed by atoms with E-state index in [9.17, 15) is 14.9 Å². The van der Waals surface area contributed by atoms with Gasteiger partial charge in [-0.2, -0.15) is 0 Å². The van der Waals surface area contributed by atoms with Crippen LogP contribution in [0.3, 0.4) is 0 Å². The first-order chi connectivity index (χ1) is 14.9. The van der Waals surface area contributed by atoms with Crippen molar-refractivity contribution in [3.05, 3.63) is 96.9 Å². The topological polar surface area (TPSA) is 60.2 Å². The van der Waals surface area contributed by atoms with Crippen LogP contribution in [0.15, 0.2) is 48.5 Å². The van der Waals surface area contributed by atoms with Gasteiger partial charge in [0.05, 0.1) is 4.92 Å². The molecule has 5 rings (SSSR count). The highest BCUT2D eigenvalue weighted by Crippen LogP contribution is 2.29. The van der Waals surface area contributed by atoms with Gasteiger partial charge in [-0.3, -0.25) is 14.9 Å². The Balaban J connectivity index is 1.60.